The van der Waals surface area contributed by atoms with Crippen LogP contribution in [0.3, 0.4) is 0 Å². The average Bonchev–Trinajstić information content (AvgIpc) is 3.14. The Morgan fingerprint density at radius 1 is 0.308 bits per heavy atom. The third-order valence-electron chi connectivity index (χ3n) is 10.4. The molecule has 0 bridgehead atoms. The van der Waals surface area contributed by atoms with Crippen molar-refractivity contribution in [1.29, 1.82) is 0 Å². The summed E-state index contributed by atoms with van der Waals surface area (Å²) < 4.78 is 16.6. The highest BCUT2D eigenvalue weighted by Gasteiger charge is 2.19. The summed E-state index contributed by atoms with van der Waals surface area (Å²) in [5.74, 6) is -0.859. The van der Waals surface area contributed by atoms with Crippen molar-refractivity contribution in [2.45, 2.75) is 264 Å². The number of hydrogen-bond donors (Lipinski definition) is 0. The maximum Gasteiger partial charge on any atom is 0.306 e. The molecule has 0 N–H and O–H groups in total. The van der Waals surface area contributed by atoms with Crippen LogP contribution in [0.5, 0.6) is 0 Å². The van der Waals surface area contributed by atoms with E-state index < -0.39 is 6.10 Å². The van der Waals surface area contributed by atoms with E-state index in [4.69, 9.17) is 14.2 Å². The van der Waals surface area contributed by atoms with E-state index in [1.54, 1.807) is 0 Å². The lowest BCUT2D eigenvalue weighted by molar-refractivity contribution is -0.167. The lowest BCUT2D eigenvalue weighted by Crippen LogP contribution is -2.30. The molecule has 0 rings (SSSR count). The summed E-state index contributed by atoms with van der Waals surface area (Å²) in [6.07, 6.45) is 42.4. The highest BCUT2D eigenvalue weighted by atomic mass is 16.6. The standard InChI is InChI=1S/C46H88O6/c1-4-7-10-13-16-18-20-21-22-23-24-25-26-28-31-33-36-39-45(48)51-42-43(52-46(49)40-37-34-29-15-12-9-6-3)41-50-44(47)38-35-32-30-27-19-17-14-11-8-5-2/h43H,4-42H2,1-3H3/t43-/m1/s1. The van der Waals surface area contributed by atoms with Gasteiger partial charge in [0, 0.05) is 19.3 Å². The number of unbranched alkanes of at least 4 members (excludes halogenated alkanes) is 31. The molecule has 0 fully saturated rings. The van der Waals surface area contributed by atoms with Crippen molar-refractivity contribution in [2.24, 2.45) is 0 Å². The van der Waals surface area contributed by atoms with Crippen LogP contribution in [0.25, 0.3) is 0 Å². The van der Waals surface area contributed by atoms with Crippen molar-refractivity contribution in [3.63, 3.8) is 0 Å². The molecule has 0 saturated carbocycles. The molecule has 0 heterocycles. The fraction of sp³-hybridized carbons (Fsp3) is 0.935. The van der Waals surface area contributed by atoms with Crippen molar-refractivity contribution in [1.82, 2.24) is 0 Å². The summed E-state index contributed by atoms with van der Waals surface area (Å²) in [5, 5.41) is 0. The van der Waals surface area contributed by atoms with Gasteiger partial charge >= 0.3 is 17.9 Å². The number of carbonyl (C=O) groups excluding carboxylic acids is 3. The second-order valence-corrected chi connectivity index (χ2v) is 15.7. The molecule has 0 aliphatic heterocycles. The third-order valence-corrected chi connectivity index (χ3v) is 10.4. The minimum atomic E-state index is -0.756. The Labute approximate surface area is 323 Å². The summed E-state index contributed by atoms with van der Waals surface area (Å²) in [7, 11) is 0. The van der Waals surface area contributed by atoms with Crippen molar-refractivity contribution < 1.29 is 28.6 Å². The fourth-order valence-corrected chi connectivity index (χ4v) is 6.85. The SMILES string of the molecule is CCCCCCCCCCCCCCCCCCCC(=O)OC[C@@H](COC(=O)CCCCCCCCCCCC)OC(=O)CCCCCCCCC. The van der Waals surface area contributed by atoms with Gasteiger partial charge in [-0.2, -0.15) is 0 Å². The van der Waals surface area contributed by atoms with Gasteiger partial charge < -0.3 is 14.2 Å². The summed E-state index contributed by atoms with van der Waals surface area (Å²) in [6.45, 7) is 6.60. The molecule has 0 aromatic rings. The number of ether oxygens (including phenoxy) is 3. The third kappa shape index (κ3) is 39.6. The first-order chi connectivity index (χ1) is 25.5. The molecule has 308 valence electrons. The molecule has 6 nitrogen and oxygen atoms in total. The second kappa shape index (κ2) is 42.2. The van der Waals surface area contributed by atoms with E-state index in [1.165, 1.54) is 161 Å². The van der Waals surface area contributed by atoms with Crippen molar-refractivity contribution >= 4 is 17.9 Å². The Bertz CT molecular complexity index is 768. The smallest absolute Gasteiger partial charge is 0.306 e. The number of esters is 3. The maximum atomic E-state index is 12.6. The first-order valence-electron chi connectivity index (χ1n) is 23.0. The zero-order valence-corrected chi connectivity index (χ0v) is 35.1. The van der Waals surface area contributed by atoms with Gasteiger partial charge in [-0.1, -0.05) is 220 Å². The fourth-order valence-electron chi connectivity index (χ4n) is 6.85. The Hall–Kier alpha value is -1.59. The molecule has 0 saturated heterocycles. The Morgan fingerprint density at radius 2 is 0.519 bits per heavy atom. The minimum absolute atomic E-state index is 0.0634. The summed E-state index contributed by atoms with van der Waals surface area (Å²) in [5.41, 5.74) is 0. The van der Waals surface area contributed by atoms with E-state index in [2.05, 4.69) is 20.8 Å². The van der Waals surface area contributed by atoms with E-state index in [0.29, 0.717) is 19.3 Å². The van der Waals surface area contributed by atoms with Crippen LogP contribution in [-0.2, 0) is 28.6 Å². The van der Waals surface area contributed by atoms with Crippen LogP contribution in [0.1, 0.15) is 258 Å². The second-order valence-electron chi connectivity index (χ2n) is 15.7. The Morgan fingerprint density at radius 3 is 0.769 bits per heavy atom. The molecule has 0 aliphatic carbocycles. The summed E-state index contributed by atoms with van der Waals surface area (Å²) in [4.78, 5) is 37.5. The average molecular weight is 737 g/mol. The normalized spacial score (nSPS) is 11.8. The van der Waals surface area contributed by atoms with Gasteiger partial charge in [-0.05, 0) is 19.3 Å². The van der Waals surface area contributed by atoms with Gasteiger partial charge in [-0.3, -0.25) is 14.4 Å². The van der Waals surface area contributed by atoms with E-state index in [9.17, 15) is 14.4 Å². The van der Waals surface area contributed by atoms with Gasteiger partial charge in [0.15, 0.2) is 6.10 Å². The van der Waals surface area contributed by atoms with Gasteiger partial charge in [0.1, 0.15) is 13.2 Å². The monoisotopic (exact) mass is 737 g/mol. The lowest BCUT2D eigenvalue weighted by atomic mass is 10.0. The van der Waals surface area contributed by atoms with Crippen molar-refractivity contribution in [3.8, 4) is 0 Å². The van der Waals surface area contributed by atoms with E-state index in [1.807, 2.05) is 0 Å². The maximum absolute atomic E-state index is 12.6. The van der Waals surface area contributed by atoms with Crippen LogP contribution in [-0.4, -0.2) is 37.2 Å². The number of hydrogen-bond acceptors (Lipinski definition) is 6. The molecule has 0 aromatic carbocycles. The first kappa shape index (κ1) is 50.4. The van der Waals surface area contributed by atoms with Gasteiger partial charge in [-0.25, -0.2) is 0 Å². The number of rotatable bonds is 42. The van der Waals surface area contributed by atoms with Crippen LogP contribution in [0, 0.1) is 0 Å². The molecule has 0 unspecified atom stereocenters. The van der Waals surface area contributed by atoms with Crippen LogP contribution in [0.2, 0.25) is 0 Å². The summed E-state index contributed by atoms with van der Waals surface area (Å²) >= 11 is 0. The lowest BCUT2D eigenvalue weighted by Gasteiger charge is -2.18. The predicted octanol–water partition coefficient (Wildman–Crippen LogP) is 14.5. The van der Waals surface area contributed by atoms with Gasteiger partial charge in [0.25, 0.3) is 0 Å². The molecule has 0 aromatic heterocycles. The molecular formula is C46H88O6. The first-order valence-corrected chi connectivity index (χ1v) is 23.0. The zero-order valence-electron chi connectivity index (χ0n) is 35.1. The van der Waals surface area contributed by atoms with Crippen molar-refractivity contribution in [2.75, 3.05) is 13.2 Å². The minimum Gasteiger partial charge on any atom is -0.462 e. The summed E-state index contributed by atoms with van der Waals surface area (Å²) in [6, 6.07) is 0. The highest BCUT2D eigenvalue weighted by molar-refractivity contribution is 5.71. The predicted molar refractivity (Wildman–Crippen MR) is 220 cm³/mol. The highest BCUT2D eigenvalue weighted by Crippen LogP contribution is 2.16. The van der Waals surface area contributed by atoms with Crippen LogP contribution in [0.15, 0.2) is 0 Å². The van der Waals surface area contributed by atoms with E-state index in [-0.39, 0.29) is 31.1 Å². The molecule has 1 atom stereocenters. The molecule has 6 heteroatoms. The van der Waals surface area contributed by atoms with Crippen LogP contribution >= 0.6 is 0 Å². The van der Waals surface area contributed by atoms with Crippen LogP contribution < -0.4 is 0 Å². The van der Waals surface area contributed by atoms with Gasteiger partial charge in [-0.15, -0.1) is 0 Å². The zero-order chi connectivity index (χ0) is 38.0. The Balaban J connectivity index is 4.17. The molecule has 0 aliphatic rings. The molecular weight excluding hydrogens is 649 g/mol. The quantitative estimate of drug-likeness (QED) is 0.0353. The van der Waals surface area contributed by atoms with Gasteiger partial charge in [0.05, 0.1) is 0 Å². The topological polar surface area (TPSA) is 78.9 Å². The Kier molecular flexibility index (Phi) is 40.9. The number of carbonyl (C=O) groups is 3. The molecule has 0 spiro atoms. The van der Waals surface area contributed by atoms with Crippen molar-refractivity contribution in [3.05, 3.63) is 0 Å². The van der Waals surface area contributed by atoms with E-state index in [0.717, 1.165) is 57.8 Å². The van der Waals surface area contributed by atoms with Gasteiger partial charge in [0.2, 0.25) is 0 Å². The van der Waals surface area contributed by atoms with Crippen LogP contribution in [0.4, 0.5) is 0 Å². The molecule has 0 radical (unpaired) electrons. The largest absolute Gasteiger partial charge is 0.462 e. The molecule has 0 amide bonds. The van der Waals surface area contributed by atoms with E-state index >= 15 is 0 Å². The molecule has 52 heavy (non-hydrogen) atoms.